The standard InChI is InChI=1S/C19H24N4O5/c1-3-27-19(26)14-11(2)28-17-15(14)16(24)20-13(21-17)10-22-6-8-23(9-7-22)18(25)12-4-5-12/h12H,3-10H2,1-2H3,(H,20,21,24). The predicted molar refractivity (Wildman–Crippen MR) is 99.9 cm³/mol. The predicted octanol–water partition coefficient (Wildman–Crippen LogP) is 1.06. The number of esters is 1. The lowest BCUT2D eigenvalue weighted by Crippen LogP contribution is -2.49. The fourth-order valence-corrected chi connectivity index (χ4v) is 3.61. The van der Waals surface area contributed by atoms with Crippen molar-refractivity contribution in [2.45, 2.75) is 33.2 Å². The number of carbonyl (C=O) groups is 2. The number of aromatic amines is 1. The van der Waals surface area contributed by atoms with E-state index in [1.54, 1.807) is 13.8 Å². The second-order valence-electron chi connectivity index (χ2n) is 7.32. The first kappa shape index (κ1) is 18.7. The molecule has 28 heavy (non-hydrogen) atoms. The Kier molecular flexibility index (Phi) is 4.92. The van der Waals surface area contributed by atoms with E-state index in [2.05, 4.69) is 14.9 Å². The summed E-state index contributed by atoms with van der Waals surface area (Å²) in [5, 5.41) is 0.125. The Labute approximate surface area is 161 Å². The van der Waals surface area contributed by atoms with Crippen molar-refractivity contribution in [3.63, 3.8) is 0 Å². The molecule has 2 aliphatic rings. The smallest absolute Gasteiger partial charge is 0.342 e. The Bertz CT molecular complexity index is 967. The Morgan fingerprint density at radius 2 is 1.96 bits per heavy atom. The molecule has 150 valence electrons. The maximum atomic E-state index is 12.6. The number of hydrogen-bond acceptors (Lipinski definition) is 7. The Hall–Kier alpha value is -2.68. The monoisotopic (exact) mass is 388 g/mol. The molecule has 9 heteroatoms. The fraction of sp³-hybridized carbons (Fsp3) is 0.579. The second-order valence-corrected chi connectivity index (χ2v) is 7.32. The van der Waals surface area contributed by atoms with Crippen molar-refractivity contribution in [1.82, 2.24) is 19.8 Å². The second kappa shape index (κ2) is 7.38. The van der Waals surface area contributed by atoms with Gasteiger partial charge in [-0.25, -0.2) is 4.79 Å². The SMILES string of the molecule is CCOC(=O)c1c(C)oc2nc(CN3CCN(C(=O)C4CC4)CC3)[nH]c(=O)c12. The van der Waals surface area contributed by atoms with Gasteiger partial charge in [0.05, 0.1) is 13.2 Å². The normalized spacial score (nSPS) is 17.9. The third-order valence-electron chi connectivity index (χ3n) is 5.25. The number of aryl methyl sites for hydroxylation is 1. The highest BCUT2D eigenvalue weighted by Gasteiger charge is 2.34. The average molecular weight is 388 g/mol. The highest BCUT2D eigenvalue weighted by atomic mass is 16.5. The first-order valence-corrected chi connectivity index (χ1v) is 9.68. The maximum Gasteiger partial charge on any atom is 0.342 e. The van der Waals surface area contributed by atoms with E-state index >= 15 is 0 Å². The summed E-state index contributed by atoms with van der Waals surface area (Å²) in [5.74, 6) is 0.711. The quantitative estimate of drug-likeness (QED) is 0.763. The zero-order valence-corrected chi connectivity index (χ0v) is 16.1. The highest BCUT2D eigenvalue weighted by Crippen LogP contribution is 2.31. The topological polar surface area (TPSA) is 109 Å². The number of rotatable bonds is 5. The lowest BCUT2D eigenvalue weighted by molar-refractivity contribution is -0.134. The van der Waals surface area contributed by atoms with E-state index in [1.165, 1.54) is 0 Å². The van der Waals surface area contributed by atoms with Crippen LogP contribution in [-0.4, -0.2) is 64.4 Å². The molecular formula is C19H24N4O5. The van der Waals surface area contributed by atoms with Gasteiger partial charge in [-0.15, -0.1) is 0 Å². The van der Waals surface area contributed by atoms with Crippen molar-refractivity contribution in [2.24, 2.45) is 5.92 Å². The summed E-state index contributed by atoms with van der Waals surface area (Å²) in [4.78, 5) is 48.1. The lowest BCUT2D eigenvalue weighted by atomic mass is 10.2. The van der Waals surface area contributed by atoms with E-state index in [4.69, 9.17) is 9.15 Å². The number of nitrogens with one attached hydrogen (secondary N) is 1. The highest BCUT2D eigenvalue weighted by molar-refractivity contribution is 6.03. The van der Waals surface area contributed by atoms with Gasteiger partial charge >= 0.3 is 5.97 Å². The van der Waals surface area contributed by atoms with Crippen molar-refractivity contribution in [2.75, 3.05) is 32.8 Å². The summed E-state index contributed by atoms with van der Waals surface area (Å²) < 4.78 is 10.6. The zero-order chi connectivity index (χ0) is 19.8. The average Bonchev–Trinajstić information content (AvgIpc) is 3.44. The molecule has 0 bridgehead atoms. The Morgan fingerprint density at radius 3 is 2.61 bits per heavy atom. The molecule has 1 aliphatic heterocycles. The lowest BCUT2D eigenvalue weighted by Gasteiger charge is -2.34. The molecule has 0 unspecified atom stereocenters. The number of fused-ring (bicyclic) bond motifs is 1. The van der Waals surface area contributed by atoms with E-state index in [0.29, 0.717) is 31.2 Å². The van der Waals surface area contributed by atoms with Gasteiger partial charge in [0.2, 0.25) is 11.6 Å². The van der Waals surface area contributed by atoms with Gasteiger partial charge in [0.25, 0.3) is 5.56 Å². The van der Waals surface area contributed by atoms with Crippen LogP contribution in [0, 0.1) is 12.8 Å². The van der Waals surface area contributed by atoms with Gasteiger partial charge in [-0.2, -0.15) is 4.98 Å². The van der Waals surface area contributed by atoms with E-state index in [0.717, 1.165) is 25.9 Å². The van der Waals surface area contributed by atoms with Crippen molar-refractivity contribution < 1.29 is 18.7 Å². The number of hydrogen-bond donors (Lipinski definition) is 1. The molecule has 2 aromatic heterocycles. The van der Waals surface area contributed by atoms with Crippen LogP contribution < -0.4 is 5.56 Å². The third kappa shape index (κ3) is 3.54. The van der Waals surface area contributed by atoms with Crippen LogP contribution in [0.5, 0.6) is 0 Å². The minimum atomic E-state index is -0.588. The maximum absolute atomic E-state index is 12.6. The largest absolute Gasteiger partial charge is 0.462 e. The molecule has 0 spiro atoms. The van der Waals surface area contributed by atoms with Gasteiger partial charge in [0.1, 0.15) is 22.5 Å². The molecule has 1 amide bonds. The molecular weight excluding hydrogens is 364 g/mol. The molecule has 0 atom stereocenters. The van der Waals surface area contributed by atoms with E-state index in [1.807, 2.05) is 4.90 Å². The number of furan rings is 1. The third-order valence-corrected chi connectivity index (χ3v) is 5.25. The van der Waals surface area contributed by atoms with Crippen molar-refractivity contribution >= 4 is 23.0 Å². The van der Waals surface area contributed by atoms with Gasteiger partial charge in [0.15, 0.2) is 0 Å². The Balaban J connectivity index is 1.49. The summed E-state index contributed by atoms with van der Waals surface area (Å²) in [6, 6.07) is 0. The van der Waals surface area contributed by atoms with Crippen LogP contribution in [0.15, 0.2) is 9.21 Å². The molecule has 1 N–H and O–H groups in total. The summed E-state index contributed by atoms with van der Waals surface area (Å²) >= 11 is 0. The molecule has 1 aliphatic carbocycles. The van der Waals surface area contributed by atoms with Gasteiger partial charge in [-0.3, -0.25) is 14.5 Å². The van der Waals surface area contributed by atoms with Gasteiger partial charge in [-0.1, -0.05) is 0 Å². The number of ether oxygens (including phenoxy) is 1. The van der Waals surface area contributed by atoms with Crippen LogP contribution in [0.25, 0.3) is 11.1 Å². The van der Waals surface area contributed by atoms with Gasteiger partial charge in [-0.05, 0) is 26.7 Å². The number of nitrogens with zero attached hydrogens (tertiary/aromatic N) is 3. The summed E-state index contributed by atoms with van der Waals surface area (Å²) in [5.41, 5.74) is -0.145. The van der Waals surface area contributed by atoms with Crippen LogP contribution in [0.4, 0.5) is 0 Å². The molecule has 0 aromatic carbocycles. The number of aromatic nitrogens is 2. The molecule has 1 saturated heterocycles. The number of piperazine rings is 1. The van der Waals surface area contributed by atoms with E-state index in [-0.39, 0.29) is 35.1 Å². The van der Waals surface area contributed by atoms with Crippen LogP contribution >= 0.6 is 0 Å². The van der Waals surface area contributed by atoms with Crippen LogP contribution in [0.2, 0.25) is 0 Å². The molecule has 2 fully saturated rings. The first-order valence-electron chi connectivity index (χ1n) is 9.68. The Morgan fingerprint density at radius 1 is 1.25 bits per heavy atom. The minimum Gasteiger partial charge on any atom is -0.462 e. The molecule has 1 saturated carbocycles. The number of carbonyl (C=O) groups excluding carboxylic acids is 2. The number of H-pyrrole nitrogens is 1. The molecule has 4 rings (SSSR count). The summed E-state index contributed by atoms with van der Waals surface area (Å²) in [6.45, 7) is 6.81. The van der Waals surface area contributed by atoms with Crippen molar-refractivity contribution in [1.29, 1.82) is 0 Å². The van der Waals surface area contributed by atoms with E-state index < -0.39 is 11.5 Å². The number of amides is 1. The minimum absolute atomic E-state index is 0.125. The fourth-order valence-electron chi connectivity index (χ4n) is 3.61. The first-order chi connectivity index (χ1) is 13.5. The molecule has 0 radical (unpaired) electrons. The van der Waals surface area contributed by atoms with Crippen LogP contribution in [-0.2, 0) is 16.1 Å². The van der Waals surface area contributed by atoms with Crippen LogP contribution in [0.3, 0.4) is 0 Å². The van der Waals surface area contributed by atoms with Crippen molar-refractivity contribution in [3.8, 4) is 0 Å². The molecule has 9 nitrogen and oxygen atoms in total. The summed E-state index contributed by atoms with van der Waals surface area (Å²) in [6.07, 6.45) is 2.03. The van der Waals surface area contributed by atoms with Gasteiger partial charge in [0, 0.05) is 32.1 Å². The van der Waals surface area contributed by atoms with E-state index in [9.17, 15) is 14.4 Å². The van der Waals surface area contributed by atoms with Crippen molar-refractivity contribution in [3.05, 3.63) is 27.5 Å². The van der Waals surface area contributed by atoms with Crippen LogP contribution in [0.1, 0.15) is 41.7 Å². The molecule has 2 aromatic rings. The molecule has 3 heterocycles. The summed E-state index contributed by atoms with van der Waals surface area (Å²) in [7, 11) is 0. The zero-order valence-electron chi connectivity index (χ0n) is 16.1. The van der Waals surface area contributed by atoms with Gasteiger partial charge < -0.3 is 19.0 Å².